The summed E-state index contributed by atoms with van der Waals surface area (Å²) in [6, 6.07) is 11.1. The molecule has 0 unspecified atom stereocenters. The molecule has 0 aliphatic heterocycles. The third-order valence-corrected chi connectivity index (χ3v) is 2.76. The quantitative estimate of drug-likeness (QED) is 0.785. The van der Waals surface area contributed by atoms with Crippen LogP contribution in [0, 0.1) is 11.3 Å². The van der Waals surface area contributed by atoms with Crippen molar-refractivity contribution in [3.05, 3.63) is 42.1 Å². The van der Waals surface area contributed by atoms with Crippen LogP contribution >= 0.6 is 0 Å². The topological polar surface area (TPSA) is 73.6 Å². The van der Waals surface area contributed by atoms with Crippen molar-refractivity contribution in [2.75, 3.05) is 17.2 Å². The predicted molar refractivity (Wildman–Crippen MR) is 79.9 cm³/mol. The lowest BCUT2D eigenvalue weighted by Crippen LogP contribution is -2.05. The maximum atomic E-state index is 8.75. The normalized spacial score (nSPS) is 9.80. The molecule has 0 radical (unpaired) electrons. The Kier molecular flexibility index (Phi) is 4.90. The molecule has 0 fully saturated rings. The number of nitriles is 1. The zero-order valence-electron chi connectivity index (χ0n) is 11.4. The second-order valence-corrected chi connectivity index (χ2v) is 4.36. The lowest BCUT2D eigenvalue weighted by Gasteiger charge is -2.08. The van der Waals surface area contributed by atoms with Gasteiger partial charge < -0.3 is 10.6 Å². The first-order valence-corrected chi connectivity index (χ1v) is 6.66. The Balaban J connectivity index is 2.01. The Hall–Kier alpha value is -2.61. The maximum Gasteiger partial charge on any atom is 0.229 e. The van der Waals surface area contributed by atoms with E-state index < -0.39 is 0 Å². The summed E-state index contributed by atoms with van der Waals surface area (Å²) >= 11 is 0. The fraction of sp³-hybridized carbons (Fsp3) is 0.267. The number of nitrogens with one attached hydrogen (secondary N) is 2. The molecular formula is C15H17N5. The number of rotatable bonds is 6. The van der Waals surface area contributed by atoms with Gasteiger partial charge in [-0.3, -0.25) is 0 Å². The zero-order valence-corrected chi connectivity index (χ0v) is 11.4. The summed E-state index contributed by atoms with van der Waals surface area (Å²) in [6.07, 6.45) is 3.98. The largest absolute Gasteiger partial charge is 0.370 e. The van der Waals surface area contributed by atoms with Crippen LogP contribution in [0.25, 0.3) is 0 Å². The Bertz CT molecular complexity index is 586. The minimum Gasteiger partial charge on any atom is -0.370 e. The predicted octanol–water partition coefficient (Wildman–Crippen LogP) is 3.30. The van der Waals surface area contributed by atoms with Crippen molar-refractivity contribution in [3.8, 4) is 6.07 Å². The Labute approximate surface area is 118 Å². The first-order valence-electron chi connectivity index (χ1n) is 6.66. The van der Waals surface area contributed by atoms with Crippen LogP contribution < -0.4 is 10.6 Å². The Morgan fingerprint density at radius 1 is 1.20 bits per heavy atom. The second kappa shape index (κ2) is 7.10. The van der Waals surface area contributed by atoms with E-state index in [0.717, 1.165) is 30.9 Å². The molecule has 20 heavy (non-hydrogen) atoms. The van der Waals surface area contributed by atoms with Gasteiger partial charge in [0.15, 0.2) is 0 Å². The van der Waals surface area contributed by atoms with Crippen molar-refractivity contribution in [1.82, 2.24) is 9.97 Å². The van der Waals surface area contributed by atoms with E-state index in [1.807, 2.05) is 18.2 Å². The monoisotopic (exact) mass is 267 g/mol. The fourth-order valence-electron chi connectivity index (χ4n) is 1.67. The van der Waals surface area contributed by atoms with E-state index in [2.05, 4.69) is 33.6 Å². The van der Waals surface area contributed by atoms with E-state index >= 15 is 0 Å². The number of hydrogen-bond acceptors (Lipinski definition) is 5. The highest BCUT2D eigenvalue weighted by Crippen LogP contribution is 2.14. The highest BCUT2D eigenvalue weighted by molar-refractivity contribution is 5.56. The van der Waals surface area contributed by atoms with Crippen LogP contribution in [0.4, 0.5) is 17.5 Å². The molecule has 2 N–H and O–H groups in total. The zero-order chi connectivity index (χ0) is 14.2. The molecule has 2 rings (SSSR count). The van der Waals surface area contributed by atoms with E-state index in [0.29, 0.717) is 11.5 Å². The maximum absolute atomic E-state index is 8.75. The van der Waals surface area contributed by atoms with E-state index in [4.69, 9.17) is 5.26 Å². The molecule has 0 spiro atoms. The van der Waals surface area contributed by atoms with Crippen molar-refractivity contribution in [1.29, 1.82) is 5.26 Å². The molecule has 5 heteroatoms. The molecule has 2 aromatic rings. The van der Waals surface area contributed by atoms with E-state index in [1.54, 1.807) is 18.3 Å². The smallest absolute Gasteiger partial charge is 0.229 e. The third kappa shape index (κ3) is 3.95. The standard InChI is InChI=1S/C15H17N5/c1-2-3-9-17-14-8-10-18-15(20-14)19-13-6-4-12(11-16)5-7-13/h4-8,10H,2-3,9H2,1H3,(H2,17,18,19,20). The van der Waals surface area contributed by atoms with E-state index in [9.17, 15) is 0 Å². The Morgan fingerprint density at radius 2 is 2.00 bits per heavy atom. The summed E-state index contributed by atoms with van der Waals surface area (Å²) in [6.45, 7) is 3.06. The van der Waals surface area contributed by atoms with Crippen molar-refractivity contribution in [3.63, 3.8) is 0 Å². The number of benzene rings is 1. The van der Waals surface area contributed by atoms with Crippen LogP contribution in [0.2, 0.25) is 0 Å². The molecular weight excluding hydrogens is 250 g/mol. The van der Waals surface area contributed by atoms with Gasteiger partial charge in [-0.05, 0) is 36.8 Å². The molecule has 1 aromatic carbocycles. The molecule has 0 saturated heterocycles. The van der Waals surface area contributed by atoms with Gasteiger partial charge in [0.25, 0.3) is 0 Å². The van der Waals surface area contributed by atoms with Gasteiger partial charge >= 0.3 is 0 Å². The molecule has 0 aliphatic rings. The minimum atomic E-state index is 0.538. The van der Waals surface area contributed by atoms with Gasteiger partial charge in [-0.15, -0.1) is 0 Å². The molecule has 0 saturated carbocycles. The van der Waals surface area contributed by atoms with Gasteiger partial charge in [-0.1, -0.05) is 13.3 Å². The summed E-state index contributed by atoms with van der Waals surface area (Å²) < 4.78 is 0. The van der Waals surface area contributed by atoms with Crippen LogP contribution in [0.5, 0.6) is 0 Å². The average Bonchev–Trinajstić information content (AvgIpc) is 2.49. The molecule has 0 amide bonds. The van der Waals surface area contributed by atoms with Gasteiger partial charge in [-0.2, -0.15) is 10.2 Å². The summed E-state index contributed by atoms with van der Waals surface area (Å²) in [7, 11) is 0. The van der Waals surface area contributed by atoms with Crippen LogP contribution in [-0.4, -0.2) is 16.5 Å². The highest BCUT2D eigenvalue weighted by Gasteiger charge is 2.00. The van der Waals surface area contributed by atoms with Crippen molar-refractivity contribution in [2.45, 2.75) is 19.8 Å². The van der Waals surface area contributed by atoms with Gasteiger partial charge in [0, 0.05) is 18.4 Å². The van der Waals surface area contributed by atoms with Crippen LogP contribution in [-0.2, 0) is 0 Å². The number of unbranched alkanes of at least 4 members (excludes halogenated alkanes) is 1. The number of nitrogens with zero attached hydrogens (tertiary/aromatic N) is 3. The molecule has 1 heterocycles. The van der Waals surface area contributed by atoms with Crippen molar-refractivity contribution >= 4 is 17.5 Å². The first-order chi connectivity index (χ1) is 9.81. The average molecular weight is 267 g/mol. The lowest BCUT2D eigenvalue weighted by atomic mass is 10.2. The Morgan fingerprint density at radius 3 is 2.70 bits per heavy atom. The molecule has 0 aliphatic carbocycles. The molecule has 102 valence electrons. The third-order valence-electron chi connectivity index (χ3n) is 2.76. The second-order valence-electron chi connectivity index (χ2n) is 4.36. The van der Waals surface area contributed by atoms with Crippen molar-refractivity contribution < 1.29 is 0 Å². The number of aromatic nitrogens is 2. The van der Waals surface area contributed by atoms with Crippen LogP contribution in [0.15, 0.2) is 36.5 Å². The minimum absolute atomic E-state index is 0.538. The van der Waals surface area contributed by atoms with Crippen LogP contribution in [0.3, 0.4) is 0 Å². The van der Waals surface area contributed by atoms with Gasteiger partial charge in [0.2, 0.25) is 5.95 Å². The van der Waals surface area contributed by atoms with E-state index in [-0.39, 0.29) is 0 Å². The van der Waals surface area contributed by atoms with Gasteiger partial charge in [0.05, 0.1) is 11.6 Å². The summed E-state index contributed by atoms with van der Waals surface area (Å²) in [4.78, 5) is 8.56. The number of anilines is 3. The van der Waals surface area contributed by atoms with Crippen LogP contribution in [0.1, 0.15) is 25.3 Å². The first kappa shape index (κ1) is 13.8. The fourth-order valence-corrected chi connectivity index (χ4v) is 1.67. The van der Waals surface area contributed by atoms with E-state index in [1.165, 1.54) is 0 Å². The highest BCUT2D eigenvalue weighted by atomic mass is 15.1. The molecule has 0 bridgehead atoms. The van der Waals surface area contributed by atoms with Gasteiger partial charge in [-0.25, -0.2) is 4.98 Å². The SMILES string of the molecule is CCCCNc1ccnc(Nc2ccc(C#N)cc2)n1. The summed E-state index contributed by atoms with van der Waals surface area (Å²) in [5.74, 6) is 1.35. The summed E-state index contributed by atoms with van der Waals surface area (Å²) in [5, 5.41) is 15.1. The molecule has 5 nitrogen and oxygen atoms in total. The van der Waals surface area contributed by atoms with Crippen molar-refractivity contribution in [2.24, 2.45) is 0 Å². The lowest BCUT2D eigenvalue weighted by molar-refractivity contribution is 0.830. The molecule has 0 atom stereocenters. The number of hydrogen-bond donors (Lipinski definition) is 2. The molecule has 1 aromatic heterocycles. The van der Waals surface area contributed by atoms with Gasteiger partial charge in [0.1, 0.15) is 5.82 Å². The summed E-state index contributed by atoms with van der Waals surface area (Å²) in [5.41, 5.74) is 1.49.